The van der Waals surface area contributed by atoms with Gasteiger partial charge in [-0.15, -0.1) is 0 Å². The van der Waals surface area contributed by atoms with Crippen molar-refractivity contribution in [3.63, 3.8) is 0 Å². The number of hydrogen-bond donors (Lipinski definition) is 1. The van der Waals surface area contributed by atoms with Crippen molar-refractivity contribution in [1.82, 2.24) is 4.98 Å². The molecule has 2 N–H and O–H groups in total. The van der Waals surface area contributed by atoms with Gasteiger partial charge >= 0.3 is 0 Å². The van der Waals surface area contributed by atoms with Crippen molar-refractivity contribution in [1.29, 1.82) is 0 Å². The quantitative estimate of drug-likeness (QED) is 0.913. The Bertz CT molecular complexity index is 624. The molecule has 0 unspecified atom stereocenters. The Hall–Kier alpha value is -2.01. The molecule has 21 heavy (non-hydrogen) atoms. The van der Waals surface area contributed by atoms with Crippen molar-refractivity contribution in [2.24, 2.45) is 5.73 Å². The molecule has 0 saturated heterocycles. The van der Waals surface area contributed by atoms with E-state index in [1.807, 2.05) is 24.4 Å². The van der Waals surface area contributed by atoms with Crippen LogP contribution < -0.4 is 20.1 Å². The topological polar surface area (TPSA) is 60.6 Å². The maximum atomic E-state index is 5.74. The molecule has 5 nitrogen and oxygen atoms in total. The Kier molecular flexibility index (Phi) is 4.10. The number of anilines is 1. The largest absolute Gasteiger partial charge is 0.486 e. The normalized spacial score (nSPS) is 13.4. The number of rotatable bonds is 5. The number of nitrogens with zero attached hydrogens (tertiary/aromatic N) is 2. The molecule has 2 aromatic rings. The van der Waals surface area contributed by atoms with Gasteiger partial charge in [-0.3, -0.25) is 0 Å². The van der Waals surface area contributed by atoms with E-state index in [2.05, 4.69) is 16.8 Å². The molecule has 0 saturated carbocycles. The monoisotopic (exact) mass is 287 g/mol. The third-order valence-corrected chi connectivity index (χ3v) is 3.60. The Morgan fingerprint density at radius 2 is 1.95 bits per heavy atom. The van der Waals surface area contributed by atoms with Gasteiger partial charge in [0.1, 0.15) is 19.0 Å². The molecule has 1 aliphatic rings. The average Bonchev–Trinajstić information content (AvgIpc) is 2.52. The molecule has 112 valence electrons. The molecule has 0 bridgehead atoms. The minimum Gasteiger partial charge on any atom is -0.486 e. The highest BCUT2D eigenvalue weighted by atomic mass is 16.6. The number of pyridine rings is 1. The lowest BCUT2D eigenvalue weighted by Gasteiger charge is -2.25. The fraction of sp³-hybridized carbons (Fsp3) is 0.438. The number of fused-ring (bicyclic) bond motifs is 2. The second kappa shape index (κ2) is 6.18. The summed E-state index contributed by atoms with van der Waals surface area (Å²) in [4.78, 5) is 6.80. The molecule has 1 aliphatic heterocycles. The van der Waals surface area contributed by atoms with Crippen molar-refractivity contribution in [2.75, 3.05) is 37.7 Å². The van der Waals surface area contributed by atoms with Crippen LogP contribution in [0.4, 0.5) is 5.82 Å². The van der Waals surface area contributed by atoms with Crippen LogP contribution in [-0.2, 0) is 0 Å². The van der Waals surface area contributed by atoms with Crippen LogP contribution in [-0.4, -0.2) is 37.8 Å². The van der Waals surface area contributed by atoms with Crippen LogP contribution in [0.15, 0.2) is 24.4 Å². The molecular weight excluding hydrogens is 266 g/mol. The lowest BCUT2D eigenvalue weighted by Crippen LogP contribution is -2.31. The number of nitrogens with two attached hydrogens (primary N) is 1. The summed E-state index contributed by atoms with van der Waals surface area (Å²) >= 11 is 0. The molecule has 0 atom stereocenters. The van der Waals surface area contributed by atoms with Crippen LogP contribution in [0.5, 0.6) is 11.5 Å². The van der Waals surface area contributed by atoms with Gasteiger partial charge in [-0.2, -0.15) is 0 Å². The van der Waals surface area contributed by atoms with Crippen molar-refractivity contribution in [3.05, 3.63) is 24.4 Å². The van der Waals surface area contributed by atoms with Crippen molar-refractivity contribution in [2.45, 2.75) is 13.3 Å². The first-order valence-electron chi connectivity index (χ1n) is 7.47. The number of benzene rings is 1. The number of ether oxygens (including phenoxy) is 2. The summed E-state index contributed by atoms with van der Waals surface area (Å²) in [6, 6.07) is 6.07. The van der Waals surface area contributed by atoms with Crippen LogP contribution in [0.2, 0.25) is 0 Å². The van der Waals surface area contributed by atoms with Gasteiger partial charge < -0.3 is 20.1 Å². The van der Waals surface area contributed by atoms with Crippen LogP contribution in [0.3, 0.4) is 0 Å². The second-order valence-corrected chi connectivity index (χ2v) is 5.13. The van der Waals surface area contributed by atoms with Gasteiger partial charge in [-0.1, -0.05) is 6.92 Å². The highest BCUT2D eigenvalue weighted by Crippen LogP contribution is 2.37. The van der Waals surface area contributed by atoms with Gasteiger partial charge in [-0.05, 0) is 30.0 Å². The summed E-state index contributed by atoms with van der Waals surface area (Å²) in [5.41, 5.74) is 5.74. The van der Waals surface area contributed by atoms with Crippen LogP contribution in [0, 0.1) is 0 Å². The smallest absolute Gasteiger partial charge is 0.162 e. The summed E-state index contributed by atoms with van der Waals surface area (Å²) in [5.74, 6) is 2.58. The van der Waals surface area contributed by atoms with Crippen molar-refractivity contribution in [3.8, 4) is 11.5 Å². The van der Waals surface area contributed by atoms with E-state index in [9.17, 15) is 0 Å². The van der Waals surface area contributed by atoms with Crippen molar-refractivity contribution >= 4 is 16.6 Å². The van der Waals surface area contributed by atoms with E-state index in [0.717, 1.165) is 47.6 Å². The van der Waals surface area contributed by atoms with E-state index < -0.39 is 0 Å². The SMILES string of the molecule is CCCN(CCN)c1nccc2cc3c(cc12)OCCO3. The zero-order valence-electron chi connectivity index (χ0n) is 12.3. The summed E-state index contributed by atoms with van der Waals surface area (Å²) in [5, 5.41) is 2.20. The third kappa shape index (κ3) is 2.74. The lowest BCUT2D eigenvalue weighted by molar-refractivity contribution is 0.172. The van der Waals surface area contributed by atoms with E-state index in [0.29, 0.717) is 19.8 Å². The average molecular weight is 287 g/mol. The molecule has 5 heteroatoms. The van der Waals surface area contributed by atoms with Gasteiger partial charge in [0.05, 0.1) is 0 Å². The number of aromatic nitrogens is 1. The number of hydrogen-bond acceptors (Lipinski definition) is 5. The molecule has 0 radical (unpaired) electrons. The lowest BCUT2D eigenvalue weighted by atomic mass is 10.1. The Balaban J connectivity index is 2.09. The summed E-state index contributed by atoms with van der Waals surface area (Å²) < 4.78 is 11.3. The van der Waals surface area contributed by atoms with Gasteiger partial charge in [0.15, 0.2) is 11.5 Å². The zero-order chi connectivity index (χ0) is 14.7. The molecule has 0 amide bonds. The summed E-state index contributed by atoms with van der Waals surface area (Å²) in [6.45, 7) is 5.71. The van der Waals surface area contributed by atoms with Crippen molar-refractivity contribution < 1.29 is 9.47 Å². The maximum absolute atomic E-state index is 5.74. The Morgan fingerprint density at radius 3 is 2.67 bits per heavy atom. The molecule has 3 rings (SSSR count). The molecule has 0 fully saturated rings. The van der Waals surface area contributed by atoms with E-state index in [-0.39, 0.29) is 0 Å². The molecular formula is C16H21N3O2. The fourth-order valence-electron chi connectivity index (χ4n) is 2.70. The maximum Gasteiger partial charge on any atom is 0.162 e. The minimum absolute atomic E-state index is 0.593. The van der Waals surface area contributed by atoms with E-state index >= 15 is 0 Å². The van der Waals surface area contributed by atoms with Gasteiger partial charge in [0, 0.05) is 31.2 Å². The zero-order valence-corrected chi connectivity index (χ0v) is 12.3. The van der Waals surface area contributed by atoms with Crippen LogP contribution in [0.25, 0.3) is 10.8 Å². The fourth-order valence-corrected chi connectivity index (χ4v) is 2.70. The Labute approximate surface area is 124 Å². The van der Waals surface area contributed by atoms with Gasteiger partial charge in [0.25, 0.3) is 0 Å². The molecule has 2 heterocycles. The molecule has 0 aliphatic carbocycles. The van der Waals surface area contributed by atoms with Crippen LogP contribution in [0.1, 0.15) is 13.3 Å². The molecule has 0 spiro atoms. The molecule has 1 aromatic carbocycles. The highest BCUT2D eigenvalue weighted by Gasteiger charge is 2.16. The van der Waals surface area contributed by atoms with Gasteiger partial charge in [0.2, 0.25) is 0 Å². The summed E-state index contributed by atoms with van der Waals surface area (Å²) in [7, 11) is 0. The predicted molar refractivity (Wildman–Crippen MR) is 84.3 cm³/mol. The first-order chi connectivity index (χ1) is 10.3. The van der Waals surface area contributed by atoms with E-state index in [1.165, 1.54) is 0 Å². The van der Waals surface area contributed by atoms with E-state index in [4.69, 9.17) is 15.2 Å². The predicted octanol–water partition coefficient (Wildman–Crippen LogP) is 2.18. The standard InChI is InChI=1S/C16H21N3O2/c1-2-6-19(7-4-17)16-13-11-15-14(20-8-9-21-15)10-12(13)3-5-18-16/h3,5,10-11H,2,4,6-9,17H2,1H3. The minimum atomic E-state index is 0.593. The molecule has 1 aromatic heterocycles. The van der Waals surface area contributed by atoms with E-state index in [1.54, 1.807) is 0 Å². The second-order valence-electron chi connectivity index (χ2n) is 5.13. The summed E-state index contributed by atoms with van der Waals surface area (Å²) in [6.07, 6.45) is 2.90. The first kappa shape index (κ1) is 13.9. The third-order valence-electron chi connectivity index (χ3n) is 3.60. The van der Waals surface area contributed by atoms with Gasteiger partial charge in [-0.25, -0.2) is 4.98 Å². The highest BCUT2D eigenvalue weighted by molar-refractivity contribution is 5.94. The first-order valence-corrected chi connectivity index (χ1v) is 7.47. The Morgan fingerprint density at radius 1 is 1.19 bits per heavy atom. The van der Waals surface area contributed by atoms with Crippen LogP contribution >= 0.6 is 0 Å².